The molecule has 3 fully saturated rings. The minimum atomic E-state index is -0.234. The normalized spacial score (nSPS) is 23.4. The van der Waals surface area contributed by atoms with Crippen molar-refractivity contribution in [2.75, 3.05) is 7.11 Å². The van der Waals surface area contributed by atoms with E-state index in [0.29, 0.717) is 6.04 Å². The molecular formula is C35H45N5O3. The maximum absolute atomic E-state index is 13.7. The van der Waals surface area contributed by atoms with Gasteiger partial charge in [0, 0.05) is 42.8 Å². The average molecular weight is 584 g/mol. The van der Waals surface area contributed by atoms with E-state index in [1.807, 2.05) is 24.5 Å². The van der Waals surface area contributed by atoms with E-state index in [9.17, 15) is 9.59 Å². The van der Waals surface area contributed by atoms with E-state index in [1.165, 1.54) is 24.8 Å². The zero-order chi connectivity index (χ0) is 29.9. The molecule has 0 bridgehead atoms. The molecule has 3 saturated carbocycles. The van der Waals surface area contributed by atoms with Crippen molar-refractivity contribution < 1.29 is 14.3 Å². The maximum atomic E-state index is 13.7. The predicted octanol–water partition coefficient (Wildman–Crippen LogP) is 6.42. The summed E-state index contributed by atoms with van der Waals surface area (Å²) >= 11 is 0. The summed E-state index contributed by atoms with van der Waals surface area (Å²) in [5.74, 6) is 1.36. The largest absolute Gasteiger partial charge is 0.496 e. The lowest BCUT2D eigenvalue weighted by atomic mass is 9.71. The number of aryl methyl sites for hydroxylation is 1. The zero-order valence-corrected chi connectivity index (χ0v) is 25.7. The number of pyridine rings is 1. The second-order valence-electron chi connectivity index (χ2n) is 12.9. The summed E-state index contributed by atoms with van der Waals surface area (Å²) in [6.07, 6.45) is 16.2. The van der Waals surface area contributed by atoms with Crippen LogP contribution in [0.15, 0.2) is 48.9 Å². The van der Waals surface area contributed by atoms with Crippen LogP contribution >= 0.6 is 0 Å². The molecule has 3 aliphatic carbocycles. The Kier molecular flexibility index (Phi) is 8.82. The topological polar surface area (TPSA) is 98.1 Å². The number of nitrogens with one attached hydrogen (secondary N) is 2. The molecule has 4 unspecified atom stereocenters. The van der Waals surface area contributed by atoms with Gasteiger partial charge in [-0.2, -0.15) is 5.10 Å². The van der Waals surface area contributed by atoms with Gasteiger partial charge in [-0.25, -0.2) is 0 Å². The molecule has 3 aliphatic rings. The van der Waals surface area contributed by atoms with Crippen molar-refractivity contribution >= 4 is 11.8 Å². The van der Waals surface area contributed by atoms with Crippen molar-refractivity contribution in [2.45, 2.75) is 102 Å². The Morgan fingerprint density at radius 3 is 2.53 bits per heavy atom. The van der Waals surface area contributed by atoms with E-state index in [4.69, 9.17) is 9.72 Å². The van der Waals surface area contributed by atoms with E-state index >= 15 is 0 Å². The average Bonchev–Trinajstić information content (AvgIpc) is 3.75. The number of hydrogen-bond acceptors (Lipinski definition) is 5. The van der Waals surface area contributed by atoms with Gasteiger partial charge in [-0.05, 0) is 92.7 Å². The zero-order valence-electron chi connectivity index (χ0n) is 25.7. The third kappa shape index (κ3) is 6.78. The monoisotopic (exact) mass is 583 g/mol. The lowest BCUT2D eigenvalue weighted by Gasteiger charge is -2.40. The first kappa shape index (κ1) is 29.4. The highest BCUT2D eigenvalue weighted by atomic mass is 16.5. The van der Waals surface area contributed by atoms with E-state index < -0.39 is 0 Å². The highest BCUT2D eigenvalue weighted by molar-refractivity contribution is 5.79. The lowest BCUT2D eigenvalue weighted by Crippen LogP contribution is -2.46. The molecule has 8 nitrogen and oxygen atoms in total. The van der Waals surface area contributed by atoms with Crippen molar-refractivity contribution in [2.24, 2.45) is 11.8 Å². The van der Waals surface area contributed by atoms with Crippen LogP contribution in [0.2, 0.25) is 0 Å². The first-order valence-electron chi connectivity index (χ1n) is 16.1. The van der Waals surface area contributed by atoms with Crippen LogP contribution in [0.5, 0.6) is 5.75 Å². The number of amides is 2. The Balaban J connectivity index is 1.29. The van der Waals surface area contributed by atoms with Crippen molar-refractivity contribution in [3.63, 3.8) is 0 Å². The van der Waals surface area contributed by atoms with Gasteiger partial charge in [0.05, 0.1) is 31.1 Å². The van der Waals surface area contributed by atoms with Crippen LogP contribution < -0.4 is 15.4 Å². The first-order chi connectivity index (χ1) is 20.9. The van der Waals surface area contributed by atoms with Gasteiger partial charge >= 0.3 is 0 Å². The smallest absolute Gasteiger partial charge is 0.223 e. The van der Waals surface area contributed by atoms with Crippen LogP contribution in [-0.2, 0) is 9.59 Å². The SMILES string of the molecule is COc1ccc(C2CCC(C(NC(=O)C3CCCCC3)c3cc(-c4cnn(C5CC5)c4)ccn3)CC2NC(C)=O)cc1C. The number of ether oxygens (including phenoxy) is 1. The second kappa shape index (κ2) is 12.9. The molecule has 2 amide bonds. The Morgan fingerprint density at radius 2 is 1.81 bits per heavy atom. The molecule has 2 aromatic heterocycles. The molecule has 6 rings (SSSR count). The van der Waals surface area contributed by atoms with Crippen molar-refractivity contribution in [3.05, 3.63) is 65.7 Å². The molecule has 1 aromatic carbocycles. The molecule has 3 aromatic rings. The Bertz CT molecular complexity index is 1440. The van der Waals surface area contributed by atoms with Crippen molar-refractivity contribution in [1.29, 1.82) is 0 Å². The third-order valence-electron chi connectivity index (χ3n) is 9.83. The van der Waals surface area contributed by atoms with Crippen LogP contribution in [-0.4, -0.2) is 39.7 Å². The quantitative estimate of drug-likeness (QED) is 0.303. The predicted molar refractivity (Wildman–Crippen MR) is 167 cm³/mol. The van der Waals surface area contributed by atoms with E-state index in [0.717, 1.165) is 73.1 Å². The Labute approximate surface area is 255 Å². The summed E-state index contributed by atoms with van der Waals surface area (Å²) in [6.45, 7) is 3.65. The van der Waals surface area contributed by atoms with Crippen molar-refractivity contribution in [1.82, 2.24) is 25.4 Å². The molecule has 2 heterocycles. The number of benzene rings is 1. The van der Waals surface area contributed by atoms with Gasteiger partial charge in [0.1, 0.15) is 5.75 Å². The maximum Gasteiger partial charge on any atom is 0.223 e. The van der Waals surface area contributed by atoms with Crippen LogP contribution in [0, 0.1) is 18.8 Å². The number of methoxy groups -OCH3 is 1. The highest BCUT2D eigenvalue weighted by Crippen LogP contribution is 2.43. The molecule has 43 heavy (non-hydrogen) atoms. The van der Waals surface area contributed by atoms with Gasteiger partial charge in [-0.1, -0.05) is 31.4 Å². The highest BCUT2D eigenvalue weighted by Gasteiger charge is 2.38. The van der Waals surface area contributed by atoms with Gasteiger partial charge in [0.25, 0.3) is 0 Å². The molecule has 8 heteroatoms. The van der Waals surface area contributed by atoms with Crippen LogP contribution in [0.25, 0.3) is 11.1 Å². The second-order valence-corrected chi connectivity index (χ2v) is 12.9. The summed E-state index contributed by atoms with van der Waals surface area (Å²) in [7, 11) is 1.69. The molecule has 0 radical (unpaired) electrons. The van der Waals surface area contributed by atoms with E-state index in [1.54, 1.807) is 14.0 Å². The summed E-state index contributed by atoms with van der Waals surface area (Å²) in [5, 5.41) is 11.4. The molecule has 0 saturated heterocycles. The summed E-state index contributed by atoms with van der Waals surface area (Å²) in [5.41, 5.74) is 5.32. The number of nitrogens with zero attached hydrogens (tertiary/aromatic N) is 3. The molecule has 2 N–H and O–H groups in total. The van der Waals surface area contributed by atoms with Crippen LogP contribution in [0.3, 0.4) is 0 Å². The minimum absolute atomic E-state index is 0.0310. The van der Waals surface area contributed by atoms with E-state index in [-0.39, 0.29) is 41.7 Å². The molecule has 0 spiro atoms. The summed E-state index contributed by atoms with van der Waals surface area (Å²) in [6, 6.07) is 10.7. The van der Waals surface area contributed by atoms with Crippen LogP contribution in [0.4, 0.5) is 0 Å². The fraction of sp³-hybridized carbons (Fsp3) is 0.543. The lowest BCUT2D eigenvalue weighted by molar-refractivity contribution is -0.127. The minimum Gasteiger partial charge on any atom is -0.496 e. The molecular weight excluding hydrogens is 538 g/mol. The molecule has 0 aliphatic heterocycles. The first-order valence-corrected chi connectivity index (χ1v) is 16.1. The number of aromatic nitrogens is 3. The summed E-state index contributed by atoms with van der Waals surface area (Å²) in [4.78, 5) is 30.9. The van der Waals surface area contributed by atoms with Crippen molar-refractivity contribution in [3.8, 4) is 16.9 Å². The Morgan fingerprint density at radius 1 is 1.00 bits per heavy atom. The third-order valence-corrected chi connectivity index (χ3v) is 9.83. The summed E-state index contributed by atoms with van der Waals surface area (Å²) < 4.78 is 7.57. The van der Waals surface area contributed by atoms with Gasteiger partial charge in [0.2, 0.25) is 11.8 Å². The molecule has 228 valence electrons. The van der Waals surface area contributed by atoms with E-state index in [2.05, 4.69) is 51.7 Å². The number of carbonyl (C=O) groups is 2. The standard InChI is InChI=1S/C35H45N5O3/c1-22-17-26(10-14-33(22)43-3)30-13-9-27(19-31(30)38-23(2)41)34(39-35(42)24-7-5-4-6-8-24)32-18-25(15-16-36-32)28-20-37-40(21-28)29-11-12-29/h10,14-18,20-21,24,27,29-31,34H,4-9,11-13,19H2,1-3H3,(H,38,41)(H,39,42). The fourth-order valence-electron chi connectivity index (χ4n) is 7.35. The number of rotatable bonds is 9. The number of hydrogen-bond donors (Lipinski definition) is 2. The number of carbonyl (C=O) groups excluding carboxylic acids is 2. The van der Waals surface area contributed by atoms with Gasteiger partial charge in [-0.15, -0.1) is 0 Å². The van der Waals surface area contributed by atoms with Gasteiger partial charge < -0.3 is 15.4 Å². The molecule has 4 atom stereocenters. The fourth-order valence-corrected chi connectivity index (χ4v) is 7.35. The van der Waals surface area contributed by atoms with Gasteiger partial charge in [0.15, 0.2) is 0 Å². The Hall–Kier alpha value is -3.68. The van der Waals surface area contributed by atoms with Crippen LogP contribution in [0.1, 0.15) is 106 Å². The van der Waals surface area contributed by atoms with Gasteiger partial charge in [-0.3, -0.25) is 19.3 Å².